The Hall–Kier alpha value is -1.20. The molecule has 0 aliphatic rings. The standard InChI is InChI=1S/C11H12ClNO/c12-8-10(9-13)6-7-14-11-4-2-1-3-5-11/h1-5,10H,6-8H2. The lowest BCUT2D eigenvalue weighted by Gasteiger charge is -2.07. The quantitative estimate of drug-likeness (QED) is 0.699. The molecule has 0 aromatic heterocycles. The number of rotatable bonds is 5. The zero-order valence-corrected chi connectivity index (χ0v) is 8.57. The summed E-state index contributed by atoms with van der Waals surface area (Å²) < 4.78 is 5.43. The summed E-state index contributed by atoms with van der Waals surface area (Å²) >= 11 is 5.57. The average molecular weight is 210 g/mol. The Bertz CT molecular complexity index is 294. The van der Waals surface area contributed by atoms with E-state index in [1.807, 2.05) is 30.3 Å². The summed E-state index contributed by atoms with van der Waals surface area (Å²) in [5.41, 5.74) is 0. The van der Waals surface area contributed by atoms with E-state index in [0.717, 1.165) is 5.75 Å². The highest BCUT2D eigenvalue weighted by Crippen LogP contribution is 2.10. The van der Waals surface area contributed by atoms with Crippen molar-refractivity contribution >= 4 is 11.6 Å². The molecule has 2 nitrogen and oxygen atoms in total. The minimum absolute atomic E-state index is 0.111. The first-order valence-electron chi connectivity index (χ1n) is 4.50. The van der Waals surface area contributed by atoms with E-state index in [4.69, 9.17) is 21.6 Å². The summed E-state index contributed by atoms with van der Waals surface area (Å²) in [5, 5.41) is 8.63. The second-order valence-corrected chi connectivity index (χ2v) is 3.24. The van der Waals surface area contributed by atoms with Crippen molar-refractivity contribution in [3.8, 4) is 11.8 Å². The second kappa shape index (κ2) is 6.28. The predicted molar refractivity (Wildman–Crippen MR) is 56.4 cm³/mol. The molecule has 1 aromatic carbocycles. The van der Waals surface area contributed by atoms with Gasteiger partial charge < -0.3 is 4.74 Å². The van der Waals surface area contributed by atoms with Crippen molar-refractivity contribution in [3.63, 3.8) is 0 Å². The van der Waals surface area contributed by atoms with Crippen molar-refractivity contribution in [3.05, 3.63) is 30.3 Å². The van der Waals surface area contributed by atoms with Crippen molar-refractivity contribution in [2.24, 2.45) is 5.92 Å². The maximum Gasteiger partial charge on any atom is 0.119 e. The minimum Gasteiger partial charge on any atom is -0.494 e. The predicted octanol–water partition coefficient (Wildman–Crippen LogP) is 2.83. The molecule has 0 amide bonds. The molecule has 0 fully saturated rings. The van der Waals surface area contributed by atoms with Crippen molar-refractivity contribution < 1.29 is 4.74 Å². The van der Waals surface area contributed by atoms with Crippen molar-refractivity contribution in [1.29, 1.82) is 5.26 Å². The van der Waals surface area contributed by atoms with Crippen LogP contribution in [-0.2, 0) is 0 Å². The minimum atomic E-state index is -0.111. The van der Waals surface area contributed by atoms with Crippen LogP contribution in [0, 0.1) is 17.2 Å². The van der Waals surface area contributed by atoms with Gasteiger partial charge in [0.1, 0.15) is 5.75 Å². The van der Waals surface area contributed by atoms with E-state index < -0.39 is 0 Å². The lowest BCUT2D eigenvalue weighted by atomic mass is 10.1. The monoisotopic (exact) mass is 209 g/mol. The summed E-state index contributed by atoms with van der Waals surface area (Å²) in [6.07, 6.45) is 0.675. The smallest absolute Gasteiger partial charge is 0.119 e. The van der Waals surface area contributed by atoms with Crippen LogP contribution >= 0.6 is 11.6 Å². The van der Waals surface area contributed by atoms with Crippen LogP contribution in [0.25, 0.3) is 0 Å². The van der Waals surface area contributed by atoms with Crippen LogP contribution in [0.2, 0.25) is 0 Å². The van der Waals surface area contributed by atoms with Crippen LogP contribution in [0.3, 0.4) is 0 Å². The number of para-hydroxylation sites is 1. The van der Waals surface area contributed by atoms with Gasteiger partial charge in [-0.2, -0.15) is 5.26 Å². The zero-order chi connectivity index (χ0) is 10.2. The fraction of sp³-hybridized carbons (Fsp3) is 0.364. The normalized spacial score (nSPS) is 11.7. The maximum atomic E-state index is 8.63. The van der Waals surface area contributed by atoms with Gasteiger partial charge in [-0.25, -0.2) is 0 Å². The molecule has 0 aliphatic heterocycles. The summed E-state index contributed by atoms with van der Waals surface area (Å²) in [6.45, 7) is 0.537. The van der Waals surface area contributed by atoms with Gasteiger partial charge in [-0.1, -0.05) is 18.2 Å². The molecule has 1 unspecified atom stereocenters. The number of nitriles is 1. The number of hydrogen-bond acceptors (Lipinski definition) is 2. The van der Waals surface area contributed by atoms with E-state index in [1.165, 1.54) is 0 Å². The number of ether oxygens (including phenoxy) is 1. The molecule has 0 saturated heterocycles. The van der Waals surface area contributed by atoms with E-state index in [1.54, 1.807) is 0 Å². The van der Waals surface area contributed by atoms with Crippen LogP contribution in [0.4, 0.5) is 0 Å². The first kappa shape index (κ1) is 10.9. The SMILES string of the molecule is N#CC(CCl)CCOc1ccccc1. The first-order chi connectivity index (χ1) is 6.86. The van der Waals surface area contributed by atoms with Crippen LogP contribution in [0.1, 0.15) is 6.42 Å². The number of hydrogen-bond donors (Lipinski definition) is 0. The number of alkyl halides is 1. The Morgan fingerprint density at radius 2 is 2.07 bits per heavy atom. The van der Waals surface area contributed by atoms with E-state index in [2.05, 4.69) is 6.07 Å². The van der Waals surface area contributed by atoms with Crippen LogP contribution in [-0.4, -0.2) is 12.5 Å². The average Bonchev–Trinajstić information content (AvgIpc) is 2.26. The zero-order valence-electron chi connectivity index (χ0n) is 7.82. The van der Waals surface area contributed by atoms with E-state index in [9.17, 15) is 0 Å². The van der Waals surface area contributed by atoms with Crippen LogP contribution in [0.5, 0.6) is 5.75 Å². The molecule has 0 spiro atoms. The molecule has 0 radical (unpaired) electrons. The van der Waals surface area contributed by atoms with E-state index in [0.29, 0.717) is 18.9 Å². The molecular weight excluding hydrogens is 198 g/mol. The Balaban J connectivity index is 2.26. The van der Waals surface area contributed by atoms with Crippen molar-refractivity contribution in [2.45, 2.75) is 6.42 Å². The number of benzene rings is 1. The molecule has 1 atom stereocenters. The van der Waals surface area contributed by atoms with Crippen molar-refractivity contribution in [1.82, 2.24) is 0 Å². The molecule has 3 heteroatoms. The van der Waals surface area contributed by atoms with Gasteiger partial charge in [-0.05, 0) is 18.6 Å². The second-order valence-electron chi connectivity index (χ2n) is 2.93. The summed E-state index contributed by atoms with van der Waals surface area (Å²) in [4.78, 5) is 0. The summed E-state index contributed by atoms with van der Waals surface area (Å²) in [6, 6.07) is 11.7. The largest absolute Gasteiger partial charge is 0.494 e. The molecular formula is C11H12ClNO. The van der Waals surface area contributed by atoms with Gasteiger partial charge in [0.25, 0.3) is 0 Å². The molecule has 0 bridgehead atoms. The lowest BCUT2D eigenvalue weighted by molar-refractivity contribution is 0.298. The van der Waals surface area contributed by atoms with Crippen molar-refractivity contribution in [2.75, 3.05) is 12.5 Å². The number of nitrogens with zero attached hydrogens (tertiary/aromatic N) is 1. The highest BCUT2D eigenvalue weighted by Gasteiger charge is 2.04. The fourth-order valence-corrected chi connectivity index (χ4v) is 1.24. The van der Waals surface area contributed by atoms with E-state index >= 15 is 0 Å². The fourth-order valence-electron chi connectivity index (χ4n) is 1.01. The third-order valence-electron chi connectivity index (χ3n) is 1.85. The number of halogens is 1. The molecule has 0 aliphatic carbocycles. The maximum absolute atomic E-state index is 8.63. The first-order valence-corrected chi connectivity index (χ1v) is 5.03. The third kappa shape index (κ3) is 3.68. The molecule has 74 valence electrons. The van der Waals surface area contributed by atoms with Gasteiger partial charge in [0, 0.05) is 5.88 Å². The van der Waals surface area contributed by atoms with Crippen LogP contribution < -0.4 is 4.74 Å². The van der Waals surface area contributed by atoms with Gasteiger partial charge >= 0.3 is 0 Å². The Morgan fingerprint density at radius 1 is 1.36 bits per heavy atom. The van der Waals surface area contributed by atoms with Gasteiger partial charge in [-0.15, -0.1) is 11.6 Å². The van der Waals surface area contributed by atoms with Gasteiger partial charge in [0.05, 0.1) is 18.6 Å². The third-order valence-corrected chi connectivity index (χ3v) is 2.22. The lowest BCUT2D eigenvalue weighted by Crippen LogP contribution is -2.06. The molecule has 1 rings (SSSR count). The molecule has 14 heavy (non-hydrogen) atoms. The Kier molecular flexibility index (Phi) is 4.88. The van der Waals surface area contributed by atoms with Gasteiger partial charge in [0.15, 0.2) is 0 Å². The molecule has 1 aromatic rings. The summed E-state index contributed by atoms with van der Waals surface area (Å²) in [5.74, 6) is 1.09. The highest BCUT2D eigenvalue weighted by molar-refractivity contribution is 6.18. The molecule has 0 heterocycles. The summed E-state index contributed by atoms with van der Waals surface area (Å²) in [7, 11) is 0. The van der Waals surface area contributed by atoms with E-state index in [-0.39, 0.29) is 5.92 Å². The van der Waals surface area contributed by atoms with Crippen LogP contribution in [0.15, 0.2) is 30.3 Å². The Labute approximate surface area is 89.1 Å². The Morgan fingerprint density at radius 3 is 2.64 bits per heavy atom. The highest BCUT2D eigenvalue weighted by atomic mass is 35.5. The topological polar surface area (TPSA) is 33.0 Å². The van der Waals surface area contributed by atoms with Gasteiger partial charge in [-0.3, -0.25) is 0 Å². The molecule has 0 saturated carbocycles. The molecule has 0 N–H and O–H groups in total. The van der Waals surface area contributed by atoms with Gasteiger partial charge in [0.2, 0.25) is 0 Å².